The van der Waals surface area contributed by atoms with Crippen molar-refractivity contribution in [3.05, 3.63) is 60.3 Å². The molecular weight excluding hydrogens is 516 g/mol. The van der Waals surface area contributed by atoms with E-state index in [4.69, 9.17) is 9.47 Å². The van der Waals surface area contributed by atoms with Crippen LogP contribution >= 0.6 is 0 Å². The van der Waals surface area contributed by atoms with E-state index in [0.717, 1.165) is 22.0 Å². The van der Waals surface area contributed by atoms with Crippen LogP contribution in [0.3, 0.4) is 0 Å². The average Bonchev–Trinajstić information content (AvgIpc) is 3.38. The lowest BCUT2D eigenvalue weighted by Crippen LogP contribution is -2.52. The molecule has 0 aliphatic carbocycles. The van der Waals surface area contributed by atoms with Gasteiger partial charge in [-0.2, -0.15) is 0 Å². The van der Waals surface area contributed by atoms with Crippen LogP contribution in [-0.4, -0.2) is 66.5 Å². The van der Waals surface area contributed by atoms with Crippen molar-refractivity contribution >= 4 is 40.6 Å². The number of carbonyl (C=O) groups excluding carboxylic acids is 5. The minimum atomic E-state index is -1.08. The van der Waals surface area contributed by atoms with Gasteiger partial charge >= 0.3 is 11.9 Å². The molecule has 0 aliphatic heterocycles. The van der Waals surface area contributed by atoms with E-state index in [1.807, 2.05) is 48.5 Å². The maximum atomic E-state index is 12.7. The number of rotatable bonds is 13. The van der Waals surface area contributed by atoms with E-state index in [1.165, 1.54) is 6.92 Å². The number of H-pyrrole nitrogens is 1. The summed E-state index contributed by atoms with van der Waals surface area (Å²) in [6.07, 6.45) is -0.108. The van der Waals surface area contributed by atoms with Crippen molar-refractivity contribution in [2.45, 2.75) is 45.7 Å². The molecule has 2 aromatic carbocycles. The number of benzene rings is 2. The maximum absolute atomic E-state index is 12.7. The van der Waals surface area contributed by atoms with E-state index in [1.54, 1.807) is 19.9 Å². The summed E-state index contributed by atoms with van der Waals surface area (Å²) in [7, 11) is 0. The van der Waals surface area contributed by atoms with Crippen LogP contribution < -0.4 is 16.0 Å². The molecule has 0 saturated carbocycles. The summed E-state index contributed by atoms with van der Waals surface area (Å²) in [4.78, 5) is 64.7. The van der Waals surface area contributed by atoms with Gasteiger partial charge in [-0.1, -0.05) is 42.5 Å². The molecule has 3 rings (SSSR count). The van der Waals surface area contributed by atoms with Crippen molar-refractivity contribution in [1.29, 1.82) is 0 Å². The Morgan fingerprint density at radius 3 is 2.30 bits per heavy atom. The van der Waals surface area contributed by atoms with Gasteiger partial charge in [0, 0.05) is 17.3 Å². The van der Waals surface area contributed by atoms with Gasteiger partial charge in [0.25, 0.3) is 5.91 Å². The number of hydrogen-bond acceptors (Lipinski definition) is 7. The first-order valence-corrected chi connectivity index (χ1v) is 13.1. The predicted octanol–water partition coefficient (Wildman–Crippen LogP) is 2.46. The van der Waals surface area contributed by atoms with Gasteiger partial charge < -0.3 is 30.4 Å². The first-order valence-electron chi connectivity index (χ1n) is 13.1. The number of ether oxygens (including phenoxy) is 2. The first-order chi connectivity index (χ1) is 19.2. The lowest BCUT2D eigenvalue weighted by molar-refractivity contribution is -0.149. The van der Waals surface area contributed by atoms with Gasteiger partial charge in [0.15, 0.2) is 0 Å². The summed E-state index contributed by atoms with van der Waals surface area (Å²) in [6.45, 7) is 4.65. The molecule has 0 saturated heterocycles. The van der Waals surface area contributed by atoms with E-state index in [0.29, 0.717) is 0 Å². The molecule has 1 heterocycles. The molecule has 212 valence electrons. The van der Waals surface area contributed by atoms with Crippen LogP contribution in [0.1, 0.15) is 44.1 Å². The van der Waals surface area contributed by atoms with Gasteiger partial charge in [0.2, 0.25) is 11.8 Å². The number of fused-ring (bicyclic) bond motifs is 1. The van der Waals surface area contributed by atoms with Crippen LogP contribution in [0, 0.1) is 0 Å². The predicted molar refractivity (Wildman–Crippen MR) is 148 cm³/mol. The number of aromatic amines is 1. The Labute approximate surface area is 232 Å². The highest BCUT2D eigenvalue weighted by molar-refractivity contribution is 6.00. The average molecular weight is 551 g/mol. The van der Waals surface area contributed by atoms with Crippen molar-refractivity contribution in [1.82, 2.24) is 20.9 Å². The first kappa shape index (κ1) is 29.9. The minimum absolute atomic E-state index is 0.0164. The molecule has 0 bridgehead atoms. The standard InChI is InChI=1S/C29H34N4O7/c1-4-39-26(35)14-13-22(29(38)40-5-2)33-27(36)18(3)31-25(34)17-30-28(37)24-16-21-12-11-20(15-23(21)32-24)19-9-7-6-8-10-19/h6-12,15-16,18,22,32H,4-5,13-14,17H2,1-3H3,(H,30,37)(H,31,34)(H,33,36)/t18-,22+/m0/s1. The van der Waals surface area contributed by atoms with Crippen molar-refractivity contribution in [2.75, 3.05) is 19.8 Å². The quantitative estimate of drug-likeness (QED) is 0.238. The molecule has 0 fully saturated rings. The Bertz CT molecular complexity index is 1350. The van der Waals surface area contributed by atoms with E-state index in [-0.39, 0.29) is 38.3 Å². The molecule has 0 radical (unpaired) electrons. The van der Waals surface area contributed by atoms with Gasteiger partial charge in [-0.3, -0.25) is 19.2 Å². The molecular formula is C29H34N4O7. The van der Waals surface area contributed by atoms with E-state index >= 15 is 0 Å². The fourth-order valence-corrected chi connectivity index (χ4v) is 3.96. The van der Waals surface area contributed by atoms with E-state index < -0.39 is 41.7 Å². The molecule has 0 aliphatic rings. The molecule has 4 N–H and O–H groups in total. The van der Waals surface area contributed by atoms with Crippen LogP contribution in [0.2, 0.25) is 0 Å². The second kappa shape index (κ2) is 14.5. The van der Waals surface area contributed by atoms with Crippen LogP contribution in [-0.2, 0) is 28.7 Å². The highest BCUT2D eigenvalue weighted by atomic mass is 16.5. The zero-order valence-electron chi connectivity index (χ0n) is 22.7. The van der Waals surface area contributed by atoms with Crippen molar-refractivity contribution in [2.24, 2.45) is 0 Å². The van der Waals surface area contributed by atoms with Gasteiger partial charge in [0.05, 0.1) is 19.8 Å². The minimum Gasteiger partial charge on any atom is -0.466 e. The summed E-state index contributed by atoms with van der Waals surface area (Å²) >= 11 is 0. The maximum Gasteiger partial charge on any atom is 0.328 e. The molecule has 1 aromatic heterocycles. The highest BCUT2D eigenvalue weighted by Crippen LogP contribution is 2.24. The number of aromatic nitrogens is 1. The summed E-state index contributed by atoms with van der Waals surface area (Å²) in [6, 6.07) is 15.3. The van der Waals surface area contributed by atoms with Crippen LogP contribution in [0.5, 0.6) is 0 Å². The second-order valence-corrected chi connectivity index (χ2v) is 8.98. The molecule has 40 heavy (non-hydrogen) atoms. The van der Waals surface area contributed by atoms with Crippen LogP contribution in [0.25, 0.3) is 22.0 Å². The Kier molecular flexibility index (Phi) is 10.8. The van der Waals surface area contributed by atoms with Crippen molar-refractivity contribution < 1.29 is 33.4 Å². The number of carbonyl (C=O) groups is 5. The molecule has 3 aromatic rings. The largest absolute Gasteiger partial charge is 0.466 e. The Morgan fingerprint density at radius 1 is 0.875 bits per heavy atom. The van der Waals surface area contributed by atoms with Gasteiger partial charge in [-0.15, -0.1) is 0 Å². The van der Waals surface area contributed by atoms with E-state index in [2.05, 4.69) is 20.9 Å². The number of esters is 2. The third-order valence-electron chi connectivity index (χ3n) is 5.98. The van der Waals surface area contributed by atoms with Crippen molar-refractivity contribution in [3.63, 3.8) is 0 Å². The van der Waals surface area contributed by atoms with Gasteiger partial charge in [-0.25, -0.2) is 4.79 Å². The number of nitrogens with one attached hydrogen (secondary N) is 4. The molecule has 11 heteroatoms. The monoisotopic (exact) mass is 550 g/mol. The molecule has 0 spiro atoms. The zero-order valence-corrected chi connectivity index (χ0v) is 22.7. The van der Waals surface area contributed by atoms with Crippen LogP contribution in [0.4, 0.5) is 0 Å². The van der Waals surface area contributed by atoms with Gasteiger partial charge in [0.1, 0.15) is 17.8 Å². The number of amides is 3. The Hall–Kier alpha value is -4.67. The smallest absolute Gasteiger partial charge is 0.328 e. The topological polar surface area (TPSA) is 156 Å². The SMILES string of the molecule is CCOC(=O)CC[C@@H](NC(=O)[C@H](C)NC(=O)CNC(=O)c1cc2ccc(-c3ccccc3)cc2[nH]1)C(=O)OCC. The highest BCUT2D eigenvalue weighted by Gasteiger charge is 2.26. The summed E-state index contributed by atoms with van der Waals surface area (Å²) in [5.41, 5.74) is 3.12. The Morgan fingerprint density at radius 2 is 1.60 bits per heavy atom. The summed E-state index contributed by atoms with van der Waals surface area (Å²) in [5, 5.41) is 8.36. The lowest BCUT2D eigenvalue weighted by Gasteiger charge is -2.20. The fraction of sp³-hybridized carbons (Fsp3) is 0.345. The van der Waals surface area contributed by atoms with E-state index in [9.17, 15) is 24.0 Å². The zero-order chi connectivity index (χ0) is 29.1. The third-order valence-corrected chi connectivity index (χ3v) is 5.98. The van der Waals surface area contributed by atoms with Gasteiger partial charge in [-0.05, 0) is 50.5 Å². The molecule has 3 amide bonds. The number of hydrogen-bond donors (Lipinski definition) is 4. The molecule has 2 atom stereocenters. The summed E-state index contributed by atoms with van der Waals surface area (Å²) < 4.78 is 9.83. The Balaban J connectivity index is 1.52. The molecule has 11 nitrogen and oxygen atoms in total. The third kappa shape index (κ3) is 8.42. The fourth-order valence-electron chi connectivity index (χ4n) is 3.96. The second-order valence-electron chi connectivity index (χ2n) is 8.98. The normalized spacial score (nSPS) is 12.2. The lowest BCUT2D eigenvalue weighted by atomic mass is 10.0. The van der Waals surface area contributed by atoms with Crippen LogP contribution in [0.15, 0.2) is 54.6 Å². The summed E-state index contributed by atoms with van der Waals surface area (Å²) in [5.74, 6) is -2.93. The molecule has 0 unspecified atom stereocenters. The van der Waals surface area contributed by atoms with Crippen molar-refractivity contribution in [3.8, 4) is 11.1 Å².